The Kier molecular flexibility index (Phi) is 8.12. The second-order valence-corrected chi connectivity index (χ2v) is 17.5. The van der Waals surface area contributed by atoms with Crippen LogP contribution in [0, 0.1) is 0 Å². The van der Waals surface area contributed by atoms with Gasteiger partial charge in [0.2, 0.25) is 0 Å². The lowest BCUT2D eigenvalue weighted by molar-refractivity contribution is 1.18. The molecule has 2 heterocycles. The Morgan fingerprint density at radius 1 is 0.349 bits per heavy atom. The van der Waals surface area contributed by atoms with E-state index in [0.717, 1.165) is 22.7 Å². The molecule has 13 rings (SSSR count). The van der Waals surface area contributed by atoms with Crippen molar-refractivity contribution >= 4 is 103 Å². The van der Waals surface area contributed by atoms with Gasteiger partial charge in [-0.2, -0.15) is 0 Å². The summed E-state index contributed by atoms with van der Waals surface area (Å²) in [5.41, 5.74) is 11.7. The lowest BCUT2D eigenvalue weighted by atomic mass is 9.94. The number of thiophene rings is 1. The van der Waals surface area contributed by atoms with Crippen molar-refractivity contribution in [1.82, 2.24) is 4.57 Å². The molecule has 0 aliphatic heterocycles. The van der Waals surface area contributed by atoms with E-state index in [9.17, 15) is 0 Å². The minimum absolute atomic E-state index is 1.10. The van der Waals surface area contributed by atoms with Gasteiger partial charge in [-0.1, -0.05) is 158 Å². The summed E-state index contributed by atoms with van der Waals surface area (Å²) in [5.74, 6) is 0. The third kappa shape index (κ3) is 5.71. The Morgan fingerprint density at radius 2 is 0.937 bits per heavy atom. The average Bonchev–Trinajstić information content (AvgIpc) is 3.90. The van der Waals surface area contributed by atoms with Crippen molar-refractivity contribution in [2.75, 3.05) is 4.90 Å². The van der Waals surface area contributed by atoms with Gasteiger partial charge >= 0.3 is 0 Å². The van der Waals surface area contributed by atoms with Crippen LogP contribution in [0.15, 0.2) is 231 Å². The molecule has 0 spiro atoms. The second kappa shape index (κ2) is 14.3. The maximum atomic E-state index is 2.49. The van der Waals surface area contributed by atoms with E-state index in [0.29, 0.717) is 0 Å². The Morgan fingerprint density at radius 3 is 1.73 bits per heavy atom. The van der Waals surface area contributed by atoms with E-state index >= 15 is 0 Å². The highest BCUT2D eigenvalue weighted by Crippen LogP contribution is 2.48. The molecular formula is C60H38N2S. The minimum atomic E-state index is 1.10. The molecule has 2 aromatic heterocycles. The van der Waals surface area contributed by atoms with Crippen molar-refractivity contribution in [2.45, 2.75) is 0 Å². The minimum Gasteiger partial charge on any atom is -0.310 e. The molecule has 0 saturated heterocycles. The van der Waals surface area contributed by atoms with Crippen LogP contribution in [0.2, 0.25) is 0 Å². The van der Waals surface area contributed by atoms with Crippen molar-refractivity contribution < 1.29 is 0 Å². The summed E-state index contributed by atoms with van der Waals surface area (Å²) in [7, 11) is 0. The van der Waals surface area contributed by atoms with Crippen LogP contribution in [0.25, 0.3) is 102 Å². The zero-order valence-electron chi connectivity index (χ0n) is 34.2. The first kappa shape index (κ1) is 35.7. The molecule has 0 radical (unpaired) electrons. The molecular weight excluding hydrogens is 781 g/mol. The fraction of sp³-hybridized carbons (Fsp3) is 0. The topological polar surface area (TPSA) is 8.17 Å². The first-order valence-corrected chi connectivity index (χ1v) is 22.4. The number of fused-ring (bicyclic) bond motifs is 11. The van der Waals surface area contributed by atoms with E-state index in [1.165, 1.54) is 96.5 Å². The molecule has 0 N–H and O–H groups in total. The van der Waals surface area contributed by atoms with Crippen LogP contribution < -0.4 is 4.90 Å². The standard InChI is InChI=1S/C60H38N2S/c1-3-15-39(16-4-1)40-27-30-45(31-28-40)61(56-37-42-18-7-9-21-47(42)49-23-11-12-24-50(49)56)46-32-33-55-54(38-46)59-52(43-29-34-58-53(36-43)51-25-13-14-26-57(51)63-58)35-41-17-8-10-22-48(41)60(59)62(55)44-19-5-2-6-20-44/h1-38H. The smallest absolute Gasteiger partial charge is 0.0625 e. The van der Waals surface area contributed by atoms with Crippen LogP contribution in [-0.4, -0.2) is 4.57 Å². The molecule has 0 atom stereocenters. The van der Waals surface area contributed by atoms with Gasteiger partial charge in [0.05, 0.1) is 16.7 Å². The zero-order chi connectivity index (χ0) is 41.4. The average molecular weight is 819 g/mol. The maximum absolute atomic E-state index is 2.49. The Labute approximate surface area is 368 Å². The number of aromatic nitrogens is 1. The Hall–Kier alpha value is -7.98. The van der Waals surface area contributed by atoms with Crippen LogP contribution in [0.4, 0.5) is 17.1 Å². The summed E-state index contributed by atoms with van der Waals surface area (Å²) in [4.78, 5) is 2.47. The highest BCUT2D eigenvalue weighted by atomic mass is 32.1. The van der Waals surface area contributed by atoms with Gasteiger partial charge < -0.3 is 9.47 Å². The molecule has 0 saturated carbocycles. The van der Waals surface area contributed by atoms with Gasteiger partial charge in [0.1, 0.15) is 0 Å². The highest BCUT2D eigenvalue weighted by Gasteiger charge is 2.23. The van der Waals surface area contributed by atoms with Crippen molar-refractivity contribution in [3.05, 3.63) is 231 Å². The lowest BCUT2D eigenvalue weighted by Crippen LogP contribution is -2.10. The molecule has 0 aliphatic rings. The molecule has 0 fully saturated rings. The largest absolute Gasteiger partial charge is 0.310 e. The molecule has 0 aliphatic carbocycles. The van der Waals surface area contributed by atoms with Gasteiger partial charge in [-0.25, -0.2) is 0 Å². The number of benzene rings is 11. The number of hydrogen-bond acceptors (Lipinski definition) is 2. The van der Waals surface area contributed by atoms with Gasteiger partial charge in [-0.05, 0) is 117 Å². The molecule has 0 bridgehead atoms. The molecule has 0 unspecified atom stereocenters. The Balaban J connectivity index is 1.14. The van der Waals surface area contributed by atoms with Gasteiger partial charge in [0.15, 0.2) is 0 Å². The first-order chi connectivity index (χ1) is 31.2. The lowest BCUT2D eigenvalue weighted by Gasteiger charge is -2.28. The van der Waals surface area contributed by atoms with Gasteiger partial charge in [0, 0.05) is 58.8 Å². The summed E-state index contributed by atoms with van der Waals surface area (Å²) < 4.78 is 5.11. The number of nitrogens with zero attached hydrogens (tertiary/aromatic N) is 2. The van der Waals surface area contributed by atoms with E-state index < -0.39 is 0 Å². The van der Waals surface area contributed by atoms with E-state index in [4.69, 9.17) is 0 Å². The van der Waals surface area contributed by atoms with Gasteiger partial charge in [-0.15, -0.1) is 11.3 Å². The van der Waals surface area contributed by atoms with Crippen LogP contribution in [-0.2, 0) is 0 Å². The first-order valence-electron chi connectivity index (χ1n) is 21.6. The fourth-order valence-corrected chi connectivity index (χ4v) is 11.1. The number of anilines is 3. The third-order valence-corrected chi connectivity index (χ3v) is 14.1. The van der Waals surface area contributed by atoms with Crippen LogP contribution >= 0.6 is 11.3 Å². The number of hydrogen-bond donors (Lipinski definition) is 0. The van der Waals surface area contributed by atoms with Crippen LogP contribution in [0.5, 0.6) is 0 Å². The molecule has 13 aromatic rings. The normalized spacial score (nSPS) is 11.8. The van der Waals surface area contributed by atoms with Crippen LogP contribution in [0.1, 0.15) is 0 Å². The monoisotopic (exact) mass is 818 g/mol. The van der Waals surface area contributed by atoms with Crippen molar-refractivity contribution in [3.8, 4) is 27.9 Å². The van der Waals surface area contributed by atoms with Crippen molar-refractivity contribution in [1.29, 1.82) is 0 Å². The molecule has 11 aromatic carbocycles. The van der Waals surface area contributed by atoms with E-state index in [1.807, 2.05) is 11.3 Å². The highest BCUT2D eigenvalue weighted by molar-refractivity contribution is 7.25. The summed E-state index contributed by atoms with van der Waals surface area (Å²) >= 11 is 1.87. The number of rotatable bonds is 6. The molecule has 3 heteroatoms. The van der Waals surface area contributed by atoms with Crippen molar-refractivity contribution in [2.24, 2.45) is 0 Å². The molecule has 63 heavy (non-hydrogen) atoms. The van der Waals surface area contributed by atoms with Gasteiger partial charge in [0.25, 0.3) is 0 Å². The number of para-hydroxylation sites is 1. The van der Waals surface area contributed by atoms with E-state index in [1.54, 1.807) is 0 Å². The summed E-state index contributed by atoms with van der Waals surface area (Å²) in [6.45, 7) is 0. The summed E-state index contributed by atoms with van der Waals surface area (Å²) in [6.07, 6.45) is 0. The predicted molar refractivity (Wildman–Crippen MR) is 272 cm³/mol. The van der Waals surface area contributed by atoms with E-state index in [-0.39, 0.29) is 0 Å². The third-order valence-electron chi connectivity index (χ3n) is 12.9. The summed E-state index contributed by atoms with van der Waals surface area (Å²) in [6, 6.07) is 84.9. The fourth-order valence-electron chi connectivity index (χ4n) is 10.1. The molecule has 2 nitrogen and oxygen atoms in total. The molecule has 0 amide bonds. The van der Waals surface area contributed by atoms with Gasteiger partial charge in [-0.3, -0.25) is 0 Å². The van der Waals surface area contributed by atoms with E-state index in [2.05, 4.69) is 240 Å². The Bertz CT molecular complexity index is 3900. The predicted octanol–water partition coefficient (Wildman–Crippen LogP) is 17.4. The molecule has 294 valence electrons. The summed E-state index contributed by atoms with van der Waals surface area (Å²) in [5, 5.41) is 12.4. The van der Waals surface area contributed by atoms with Crippen LogP contribution in [0.3, 0.4) is 0 Å². The quantitative estimate of drug-likeness (QED) is 0.152. The van der Waals surface area contributed by atoms with Crippen molar-refractivity contribution in [3.63, 3.8) is 0 Å². The second-order valence-electron chi connectivity index (χ2n) is 16.5. The SMILES string of the molecule is c1ccc(-c2ccc(N(c3ccc4c(c3)c3c(-c5ccc6sc7ccccc7c6c5)cc5ccccc5c3n4-c3ccccc3)c3cc4ccccc4c4ccccc34)cc2)cc1. The maximum Gasteiger partial charge on any atom is 0.0625 e. The zero-order valence-corrected chi connectivity index (χ0v) is 35.1.